The Kier molecular flexibility index (Phi) is 3.14. The number of ether oxygens (including phenoxy) is 2. The molecule has 0 aliphatic carbocycles. The van der Waals surface area contributed by atoms with Crippen molar-refractivity contribution in [1.82, 2.24) is 0 Å². The van der Waals surface area contributed by atoms with Gasteiger partial charge in [0.2, 0.25) is 0 Å². The van der Waals surface area contributed by atoms with Crippen LogP contribution in [0.1, 0.15) is 12.0 Å². The molecule has 1 fully saturated rings. The van der Waals surface area contributed by atoms with E-state index in [0.717, 1.165) is 0 Å². The van der Waals surface area contributed by atoms with E-state index in [1.807, 2.05) is 0 Å². The van der Waals surface area contributed by atoms with Crippen LogP contribution in [-0.2, 0) is 20.1 Å². The Balaban J connectivity index is 2.38. The topological polar surface area (TPSA) is 55.8 Å². The number of hydrogen-bond acceptors (Lipinski definition) is 3. The largest absolute Gasteiger partial charge is 0.477 e. The highest BCUT2D eigenvalue weighted by atomic mass is 35.5. The number of aliphatic carboxylic acids is 1. The van der Waals surface area contributed by atoms with Crippen molar-refractivity contribution in [3.8, 4) is 0 Å². The smallest absolute Gasteiger partial charge is 0.369 e. The summed E-state index contributed by atoms with van der Waals surface area (Å²) in [5.74, 6) is -2.82. The van der Waals surface area contributed by atoms with Gasteiger partial charge in [-0.1, -0.05) is 23.7 Å². The third kappa shape index (κ3) is 1.91. The summed E-state index contributed by atoms with van der Waals surface area (Å²) in [5.41, 5.74) is 0.448. The van der Waals surface area contributed by atoms with E-state index in [1.54, 1.807) is 24.3 Å². The standard InChI is InChI=1S/C11H11ClO4/c12-9-4-2-8(3-5-9)11(10(13)14)15-6-1-7-16-11/h2-5H,1,6-7H2,(H,13,14). The van der Waals surface area contributed by atoms with Crippen molar-refractivity contribution in [2.45, 2.75) is 12.2 Å². The summed E-state index contributed by atoms with van der Waals surface area (Å²) in [5, 5.41) is 9.77. The Morgan fingerprint density at radius 1 is 1.25 bits per heavy atom. The molecule has 0 aromatic heterocycles. The monoisotopic (exact) mass is 242 g/mol. The van der Waals surface area contributed by atoms with Crippen molar-refractivity contribution in [2.75, 3.05) is 13.2 Å². The van der Waals surface area contributed by atoms with Gasteiger partial charge >= 0.3 is 5.97 Å². The number of carboxylic acids is 1. The average Bonchev–Trinajstić information content (AvgIpc) is 2.30. The van der Waals surface area contributed by atoms with Crippen LogP contribution in [0.4, 0.5) is 0 Å². The number of rotatable bonds is 2. The predicted octanol–water partition coefficient (Wildman–Crippen LogP) is 2.01. The van der Waals surface area contributed by atoms with Gasteiger partial charge in [0.05, 0.1) is 13.2 Å². The van der Waals surface area contributed by atoms with E-state index >= 15 is 0 Å². The molecule has 5 heteroatoms. The molecule has 2 rings (SSSR count). The zero-order valence-corrected chi connectivity index (χ0v) is 9.24. The van der Waals surface area contributed by atoms with Crippen LogP contribution in [0.5, 0.6) is 0 Å². The first kappa shape index (κ1) is 11.4. The Morgan fingerprint density at radius 3 is 2.31 bits per heavy atom. The summed E-state index contributed by atoms with van der Waals surface area (Å²) in [4.78, 5) is 11.3. The SMILES string of the molecule is O=C(O)C1(c2ccc(Cl)cc2)OCCCO1. The third-order valence-electron chi connectivity index (χ3n) is 2.41. The molecule has 1 saturated heterocycles. The fraction of sp³-hybridized carbons (Fsp3) is 0.364. The van der Waals surface area contributed by atoms with Gasteiger partial charge in [-0.05, 0) is 18.6 Å². The van der Waals surface area contributed by atoms with Gasteiger partial charge in [-0.15, -0.1) is 0 Å². The fourth-order valence-corrected chi connectivity index (χ4v) is 1.74. The molecule has 1 aliphatic rings. The minimum Gasteiger partial charge on any atom is -0.477 e. The molecule has 1 aromatic rings. The van der Waals surface area contributed by atoms with Crippen LogP contribution >= 0.6 is 11.6 Å². The maximum atomic E-state index is 11.3. The van der Waals surface area contributed by atoms with Crippen molar-refractivity contribution in [3.05, 3.63) is 34.9 Å². The number of carboxylic acid groups (broad SMARTS) is 1. The Morgan fingerprint density at radius 2 is 1.81 bits per heavy atom. The van der Waals surface area contributed by atoms with E-state index in [4.69, 9.17) is 21.1 Å². The molecule has 0 radical (unpaired) electrons. The zero-order chi connectivity index (χ0) is 11.6. The summed E-state index contributed by atoms with van der Waals surface area (Å²) in [7, 11) is 0. The molecule has 16 heavy (non-hydrogen) atoms. The molecule has 0 unspecified atom stereocenters. The lowest BCUT2D eigenvalue weighted by Crippen LogP contribution is -2.45. The van der Waals surface area contributed by atoms with Crippen LogP contribution in [0, 0.1) is 0 Å². The van der Waals surface area contributed by atoms with Crippen molar-refractivity contribution in [2.24, 2.45) is 0 Å². The Bertz CT molecular complexity index is 381. The first-order valence-electron chi connectivity index (χ1n) is 4.92. The summed E-state index contributed by atoms with van der Waals surface area (Å²) in [6, 6.07) is 6.43. The van der Waals surface area contributed by atoms with Gasteiger partial charge in [-0.25, -0.2) is 4.79 Å². The molecular weight excluding hydrogens is 232 g/mol. The predicted molar refractivity (Wildman–Crippen MR) is 57.3 cm³/mol. The van der Waals surface area contributed by atoms with Crippen molar-refractivity contribution in [1.29, 1.82) is 0 Å². The second-order valence-electron chi connectivity index (χ2n) is 3.48. The van der Waals surface area contributed by atoms with Crippen LogP contribution in [0.25, 0.3) is 0 Å². The molecule has 0 saturated carbocycles. The normalized spacial score (nSPS) is 19.3. The van der Waals surface area contributed by atoms with Crippen LogP contribution < -0.4 is 0 Å². The first-order valence-corrected chi connectivity index (χ1v) is 5.30. The molecule has 0 atom stereocenters. The van der Waals surface area contributed by atoms with E-state index < -0.39 is 11.8 Å². The van der Waals surface area contributed by atoms with E-state index in [0.29, 0.717) is 30.2 Å². The summed E-state index contributed by atoms with van der Waals surface area (Å²) in [6.45, 7) is 0.740. The van der Waals surface area contributed by atoms with Crippen LogP contribution in [0.3, 0.4) is 0 Å². The summed E-state index contributed by atoms with van der Waals surface area (Å²) < 4.78 is 10.6. The van der Waals surface area contributed by atoms with Gasteiger partial charge in [0, 0.05) is 10.6 Å². The number of benzene rings is 1. The average molecular weight is 243 g/mol. The number of hydrogen-bond donors (Lipinski definition) is 1. The number of halogens is 1. The molecule has 86 valence electrons. The van der Waals surface area contributed by atoms with Crippen LogP contribution in [0.15, 0.2) is 24.3 Å². The highest BCUT2D eigenvalue weighted by Crippen LogP contribution is 2.31. The molecule has 1 aliphatic heterocycles. The van der Waals surface area contributed by atoms with E-state index in [2.05, 4.69) is 0 Å². The van der Waals surface area contributed by atoms with Crippen molar-refractivity contribution >= 4 is 17.6 Å². The summed E-state index contributed by atoms with van der Waals surface area (Å²) in [6.07, 6.45) is 0.697. The molecule has 4 nitrogen and oxygen atoms in total. The van der Waals surface area contributed by atoms with E-state index in [9.17, 15) is 9.90 Å². The molecule has 1 N–H and O–H groups in total. The van der Waals surface area contributed by atoms with Gasteiger partial charge in [0.25, 0.3) is 5.79 Å². The second-order valence-corrected chi connectivity index (χ2v) is 3.92. The van der Waals surface area contributed by atoms with Gasteiger partial charge in [-0.2, -0.15) is 0 Å². The van der Waals surface area contributed by atoms with Gasteiger partial charge in [0.1, 0.15) is 0 Å². The van der Waals surface area contributed by atoms with E-state index in [1.165, 1.54) is 0 Å². The molecular formula is C11H11ClO4. The fourth-order valence-electron chi connectivity index (χ4n) is 1.62. The quantitative estimate of drug-likeness (QED) is 0.862. The molecule has 1 heterocycles. The molecule has 1 aromatic carbocycles. The van der Waals surface area contributed by atoms with Gasteiger partial charge in [0.15, 0.2) is 0 Å². The summed E-state index contributed by atoms with van der Waals surface area (Å²) >= 11 is 5.75. The third-order valence-corrected chi connectivity index (χ3v) is 2.66. The minimum atomic E-state index is -1.68. The van der Waals surface area contributed by atoms with Gasteiger partial charge in [-0.3, -0.25) is 0 Å². The Labute approximate surface area is 97.7 Å². The van der Waals surface area contributed by atoms with Gasteiger partial charge < -0.3 is 14.6 Å². The van der Waals surface area contributed by atoms with Crippen molar-refractivity contribution in [3.63, 3.8) is 0 Å². The first-order chi connectivity index (χ1) is 7.65. The maximum Gasteiger partial charge on any atom is 0.369 e. The molecule has 0 bridgehead atoms. The highest BCUT2D eigenvalue weighted by molar-refractivity contribution is 6.30. The zero-order valence-electron chi connectivity index (χ0n) is 8.48. The highest BCUT2D eigenvalue weighted by Gasteiger charge is 2.45. The lowest BCUT2D eigenvalue weighted by Gasteiger charge is -2.33. The van der Waals surface area contributed by atoms with Crippen molar-refractivity contribution < 1.29 is 19.4 Å². The second kappa shape index (κ2) is 4.41. The lowest BCUT2D eigenvalue weighted by atomic mass is 10.1. The molecule has 0 amide bonds. The minimum absolute atomic E-state index is 0.370. The maximum absolute atomic E-state index is 11.3. The van der Waals surface area contributed by atoms with Crippen LogP contribution in [-0.4, -0.2) is 24.3 Å². The number of carbonyl (C=O) groups is 1. The Hall–Kier alpha value is -1.10. The lowest BCUT2D eigenvalue weighted by molar-refractivity contribution is -0.273. The molecule has 0 spiro atoms. The van der Waals surface area contributed by atoms with E-state index in [-0.39, 0.29) is 0 Å². The van der Waals surface area contributed by atoms with Crippen LogP contribution in [0.2, 0.25) is 5.02 Å².